The van der Waals surface area contributed by atoms with Gasteiger partial charge in [0.1, 0.15) is 12.4 Å². The molecular formula is C17H19NO2. The van der Waals surface area contributed by atoms with Gasteiger partial charge in [-0.15, -0.1) is 0 Å². The minimum Gasteiger partial charge on any atom is -0.492 e. The summed E-state index contributed by atoms with van der Waals surface area (Å²) < 4.78 is 5.80. The highest BCUT2D eigenvalue weighted by Gasteiger charge is 2.23. The Labute approximate surface area is 119 Å². The molecule has 0 amide bonds. The van der Waals surface area contributed by atoms with Crippen LogP contribution < -0.4 is 10.1 Å². The molecule has 3 rings (SSSR count). The molecule has 2 aromatic rings. The second-order valence-electron chi connectivity index (χ2n) is 5.16. The summed E-state index contributed by atoms with van der Waals surface area (Å²) in [5.41, 5.74) is 2.13. The van der Waals surface area contributed by atoms with E-state index in [1.165, 1.54) is 5.56 Å². The summed E-state index contributed by atoms with van der Waals surface area (Å²) in [6.45, 7) is 1.37. The number of aliphatic hydroxyl groups excluding tert-OH is 1. The molecule has 0 aromatic heterocycles. The molecule has 3 heteroatoms. The zero-order valence-electron chi connectivity index (χ0n) is 11.3. The Hall–Kier alpha value is -1.84. The number of fused-ring (bicyclic) bond motifs is 1. The van der Waals surface area contributed by atoms with Crippen LogP contribution >= 0.6 is 0 Å². The van der Waals surface area contributed by atoms with Crippen LogP contribution in [-0.4, -0.2) is 17.8 Å². The standard InChI is InChI=1S/C17H19NO2/c19-16-10-14(18-11-13-6-2-1-3-7-13)12-20-17-9-5-4-8-15(16)17/h1-9,14,16,18-19H,10-12H2/t14-,16+/m0/s1. The van der Waals surface area contributed by atoms with Crippen molar-refractivity contribution < 1.29 is 9.84 Å². The number of benzene rings is 2. The van der Waals surface area contributed by atoms with E-state index in [-0.39, 0.29) is 6.04 Å². The van der Waals surface area contributed by atoms with Crippen LogP contribution in [0.15, 0.2) is 54.6 Å². The van der Waals surface area contributed by atoms with Gasteiger partial charge in [-0.05, 0) is 18.1 Å². The van der Waals surface area contributed by atoms with Gasteiger partial charge in [0.05, 0.1) is 6.10 Å². The van der Waals surface area contributed by atoms with E-state index in [4.69, 9.17) is 4.74 Å². The fourth-order valence-electron chi connectivity index (χ4n) is 2.54. The molecule has 1 heterocycles. The number of hydrogen-bond donors (Lipinski definition) is 2. The average Bonchev–Trinajstić information content (AvgIpc) is 2.66. The van der Waals surface area contributed by atoms with Crippen LogP contribution in [-0.2, 0) is 6.54 Å². The Bertz CT molecular complexity index is 556. The third kappa shape index (κ3) is 3.00. The van der Waals surface area contributed by atoms with Crippen molar-refractivity contribution in [2.45, 2.75) is 25.1 Å². The highest BCUT2D eigenvalue weighted by atomic mass is 16.5. The van der Waals surface area contributed by atoms with E-state index < -0.39 is 6.10 Å². The maximum atomic E-state index is 10.3. The molecule has 0 unspecified atom stereocenters. The maximum Gasteiger partial charge on any atom is 0.125 e. The first kappa shape index (κ1) is 13.2. The zero-order chi connectivity index (χ0) is 13.8. The normalized spacial score (nSPS) is 21.6. The van der Waals surface area contributed by atoms with Gasteiger partial charge in [0, 0.05) is 18.2 Å². The topological polar surface area (TPSA) is 41.5 Å². The second-order valence-corrected chi connectivity index (χ2v) is 5.16. The predicted molar refractivity (Wildman–Crippen MR) is 78.6 cm³/mol. The molecule has 1 aliphatic heterocycles. The molecule has 0 spiro atoms. The van der Waals surface area contributed by atoms with Gasteiger partial charge in [-0.2, -0.15) is 0 Å². The molecule has 1 aliphatic rings. The van der Waals surface area contributed by atoms with Gasteiger partial charge < -0.3 is 15.2 Å². The van der Waals surface area contributed by atoms with Crippen molar-refractivity contribution in [3.05, 3.63) is 65.7 Å². The van der Waals surface area contributed by atoms with E-state index in [2.05, 4.69) is 17.4 Å². The maximum absolute atomic E-state index is 10.3. The quantitative estimate of drug-likeness (QED) is 0.900. The second kappa shape index (κ2) is 6.07. The molecule has 20 heavy (non-hydrogen) atoms. The van der Waals surface area contributed by atoms with Crippen molar-refractivity contribution in [3.8, 4) is 5.75 Å². The molecule has 2 atom stereocenters. The number of hydrogen-bond acceptors (Lipinski definition) is 3. The Morgan fingerprint density at radius 1 is 1.05 bits per heavy atom. The summed E-state index contributed by atoms with van der Waals surface area (Å²) in [7, 11) is 0. The minimum absolute atomic E-state index is 0.151. The van der Waals surface area contributed by atoms with Crippen molar-refractivity contribution in [2.75, 3.05) is 6.61 Å². The SMILES string of the molecule is O[C@@H]1C[C@H](NCc2ccccc2)COc2ccccc21. The Kier molecular flexibility index (Phi) is 4.00. The van der Waals surface area contributed by atoms with Crippen molar-refractivity contribution in [2.24, 2.45) is 0 Å². The van der Waals surface area contributed by atoms with E-state index in [0.29, 0.717) is 13.0 Å². The summed E-state index contributed by atoms with van der Waals surface area (Å²) >= 11 is 0. The molecule has 0 aliphatic carbocycles. The fraction of sp³-hybridized carbons (Fsp3) is 0.294. The lowest BCUT2D eigenvalue weighted by Gasteiger charge is -2.17. The molecule has 2 aromatic carbocycles. The lowest BCUT2D eigenvalue weighted by Crippen LogP contribution is -2.34. The third-order valence-electron chi connectivity index (χ3n) is 3.66. The van der Waals surface area contributed by atoms with Crippen molar-refractivity contribution in [1.29, 1.82) is 0 Å². The monoisotopic (exact) mass is 269 g/mol. The highest BCUT2D eigenvalue weighted by Crippen LogP contribution is 2.31. The number of ether oxygens (including phenoxy) is 1. The highest BCUT2D eigenvalue weighted by molar-refractivity contribution is 5.36. The van der Waals surface area contributed by atoms with E-state index >= 15 is 0 Å². The number of para-hydroxylation sites is 1. The predicted octanol–water partition coefficient (Wildman–Crippen LogP) is 2.66. The van der Waals surface area contributed by atoms with E-state index in [1.807, 2.05) is 42.5 Å². The summed E-state index contributed by atoms with van der Waals surface area (Å²) in [6, 6.07) is 18.1. The van der Waals surface area contributed by atoms with Crippen molar-refractivity contribution >= 4 is 0 Å². The summed E-state index contributed by atoms with van der Waals surface area (Å²) in [5.74, 6) is 0.795. The van der Waals surface area contributed by atoms with Gasteiger partial charge in [-0.25, -0.2) is 0 Å². The summed E-state index contributed by atoms with van der Waals surface area (Å²) in [5, 5.41) is 13.7. The number of aliphatic hydroxyl groups is 1. The molecule has 0 saturated heterocycles. The molecule has 0 fully saturated rings. The van der Waals surface area contributed by atoms with Crippen LogP contribution in [0.2, 0.25) is 0 Å². The zero-order valence-corrected chi connectivity index (χ0v) is 11.3. The molecule has 104 valence electrons. The van der Waals surface area contributed by atoms with Crippen LogP contribution in [0.5, 0.6) is 5.75 Å². The van der Waals surface area contributed by atoms with Crippen LogP contribution in [0, 0.1) is 0 Å². The van der Waals surface area contributed by atoms with Crippen molar-refractivity contribution in [1.82, 2.24) is 5.32 Å². The first-order valence-electron chi connectivity index (χ1n) is 7.00. The largest absolute Gasteiger partial charge is 0.492 e. The first-order chi connectivity index (χ1) is 9.83. The fourth-order valence-corrected chi connectivity index (χ4v) is 2.54. The van der Waals surface area contributed by atoms with E-state index in [9.17, 15) is 5.11 Å². The van der Waals surface area contributed by atoms with Crippen LogP contribution in [0.1, 0.15) is 23.7 Å². The third-order valence-corrected chi connectivity index (χ3v) is 3.66. The lowest BCUT2D eigenvalue weighted by atomic mass is 10.0. The molecule has 3 nitrogen and oxygen atoms in total. The van der Waals surface area contributed by atoms with E-state index in [1.54, 1.807) is 0 Å². The van der Waals surface area contributed by atoms with Crippen LogP contribution in [0.25, 0.3) is 0 Å². The average molecular weight is 269 g/mol. The Morgan fingerprint density at radius 2 is 1.80 bits per heavy atom. The molecule has 0 bridgehead atoms. The molecule has 0 radical (unpaired) electrons. The Morgan fingerprint density at radius 3 is 2.65 bits per heavy atom. The molecule has 2 N–H and O–H groups in total. The van der Waals surface area contributed by atoms with Gasteiger partial charge in [0.25, 0.3) is 0 Å². The van der Waals surface area contributed by atoms with Gasteiger partial charge >= 0.3 is 0 Å². The van der Waals surface area contributed by atoms with Gasteiger partial charge in [-0.3, -0.25) is 0 Å². The number of rotatable bonds is 3. The smallest absolute Gasteiger partial charge is 0.125 e. The minimum atomic E-state index is -0.470. The molecule has 0 saturated carbocycles. The van der Waals surface area contributed by atoms with Crippen LogP contribution in [0.3, 0.4) is 0 Å². The van der Waals surface area contributed by atoms with Crippen LogP contribution in [0.4, 0.5) is 0 Å². The summed E-state index contributed by atoms with van der Waals surface area (Å²) in [4.78, 5) is 0. The van der Waals surface area contributed by atoms with Gasteiger partial charge in [0.2, 0.25) is 0 Å². The first-order valence-corrected chi connectivity index (χ1v) is 7.00. The van der Waals surface area contributed by atoms with E-state index in [0.717, 1.165) is 17.9 Å². The number of nitrogens with one attached hydrogen (secondary N) is 1. The van der Waals surface area contributed by atoms with Crippen molar-refractivity contribution in [3.63, 3.8) is 0 Å². The Balaban J connectivity index is 1.63. The van der Waals surface area contributed by atoms with Gasteiger partial charge in [0.15, 0.2) is 0 Å². The molecular weight excluding hydrogens is 250 g/mol. The van der Waals surface area contributed by atoms with Gasteiger partial charge in [-0.1, -0.05) is 48.5 Å². The summed E-state index contributed by atoms with van der Waals surface area (Å²) in [6.07, 6.45) is 0.200. The lowest BCUT2D eigenvalue weighted by molar-refractivity contribution is 0.151.